The maximum absolute atomic E-state index is 10.6. The molecule has 0 aromatic heterocycles. The summed E-state index contributed by atoms with van der Waals surface area (Å²) in [6.07, 6.45) is 0.578. The monoisotopic (exact) mass is 158 g/mol. The van der Waals surface area contributed by atoms with Gasteiger partial charge in [0.25, 0.3) is 0 Å². The minimum atomic E-state index is -0.518. The summed E-state index contributed by atoms with van der Waals surface area (Å²) in [6.45, 7) is 4.61. The zero-order valence-electron chi connectivity index (χ0n) is 6.33. The van der Waals surface area contributed by atoms with Crippen molar-refractivity contribution in [2.75, 3.05) is 13.4 Å². The van der Waals surface area contributed by atoms with E-state index in [0.29, 0.717) is 11.9 Å². The molecule has 0 aromatic carbocycles. The lowest BCUT2D eigenvalue weighted by Crippen LogP contribution is -2.09. The van der Waals surface area contributed by atoms with Crippen LogP contribution in [0.15, 0.2) is 12.2 Å². The predicted molar refractivity (Wildman–Crippen MR) is 37.8 cm³/mol. The first kappa shape index (κ1) is 9.84. The number of rotatable bonds is 5. The first-order valence-corrected chi connectivity index (χ1v) is 3.02. The van der Waals surface area contributed by atoms with Gasteiger partial charge in [-0.3, -0.25) is 0 Å². The molecule has 0 atom stereocenters. The van der Waals surface area contributed by atoms with Crippen LogP contribution in [0.4, 0.5) is 0 Å². The van der Waals surface area contributed by atoms with Crippen LogP contribution >= 0.6 is 0 Å². The molecule has 62 valence electrons. The van der Waals surface area contributed by atoms with Crippen molar-refractivity contribution in [3.63, 3.8) is 0 Å². The molecule has 0 aromatic rings. The molecule has 0 aliphatic rings. The Balaban J connectivity index is 3.31. The highest BCUT2D eigenvalue weighted by molar-refractivity contribution is 5.86. The maximum atomic E-state index is 10.6. The van der Waals surface area contributed by atoms with Crippen molar-refractivity contribution in [2.24, 2.45) is 0 Å². The van der Waals surface area contributed by atoms with Gasteiger partial charge >= 0.3 is 5.97 Å². The van der Waals surface area contributed by atoms with Crippen molar-refractivity contribution in [1.29, 1.82) is 0 Å². The Morgan fingerprint density at radius 1 is 1.64 bits per heavy atom. The molecule has 0 heterocycles. The van der Waals surface area contributed by atoms with Crippen LogP contribution in [0.5, 0.6) is 0 Å². The average Bonchev–Trinajstić information content (AvgIpc) is 1.97. The number of hydrogen-bond acceptors (Lipinski definition) is 4. The standard InChI is InChI=1S/C7H10O4/c1-6(2)7(9)11-5-10-4-3-8/h3H,1,4-5H2,2H3. The molecular weight excluding hydrogens is 148 g/mol. The molecule has 0 unspecified atom stereocenters. The second kappa shape index (κ2) is 5.61. The fourth-order valence-corrected chi connectivity index (χ4v) is 0.315. The van der Waals surface area contributed by atoms with Gasteiger partial charge in [0.15, 0.2) is 6.79 Å². The van der Waals surface area contributed by atoms with Gasteiger partial charge in [-0.05, 0) is 6.92 Å². The summed E-state index contributed by atoms with van der Waals surface area (Å²) < 4.78 is 9.04. The van der Waals surface area contributed by atoms with Gasteiger partial charge in [0.05, 0.1) is 0 Å². The molecule has 0 rings (SSSR count). The molecule has 11 heavy (non-hydrogen) atoms. The van der Waals surface area contributed by atoms with Crippen LogP contribution in [-0.2, 0) is 19.1 Å². The second-order valence-corrected chi connectivity index (χ2v) is 1.87. The smallest absolute Gasteiger partial charge is 0.335 e. The number of esters is 1. The van der Waals surface area contributed by atoms with Crippen molar-refractivity contribution in [2.45, 2.75) is 6.92 Å². The molecule has 0 bridgehead atoms. The molecular formula is C7H10O4. The molecule has 0 aliphatic carbocycles. The highest BCUT2D eigenvalue weighted by Crippen LogP contribution is 1.91. The van der Waals surface area contributed by atoms with Crippen molar-refractivity contribution < 1.29 is 19.1 Å². The van der Waals surface area contributed by atoms with Gasteiger partial charge in [0, 0.05) is 5.57 Å². The zero-order valence-corrected chi connectivity index (χ0v) is 6.33. The lowest BCUT2D eigenvalue weighted by Gasteiger charge is -2.01. The summed E-state index contributed by atoms with van der Waals surface area (Å²) >= 11 is 0. The van der Waals surface area contributed by atoms with E-state index in [1.54, 1.807) is 0 Å². The van der Waals surface area contributed by atoms with Gasteiger partial charge in [0.2, 0.25) is 0 Å². The Hall–Kier alpha value is -1.16. The average molecular weight is 158 g/mol. The SMILES string of the molecule is C=C(C)C(=O)OCOCC=O. The van der Waals surface area contributed by atoms with Gasteiger partial charge in [-0.15, -0.1) is 0 Å². The van der Waals surface area contributed by atoms with Crippen molar-refractivity contribution in [3.05, 3.63) is 12.2 Å². The lowest BCUT2D eigenvalue weighted by atomic mass is 10.4. The largest absolute Gasteiger partial charge is 0.435 e. The van der Waals surface area contributed by atoms with E-state index in [4.69, 9.17) is 0 Å². The zero-order chi connectivity index (χ0) is 8.69. The molecule has 4 nitrogen and oxygen atoms in total. The lowest BCUT2D eigenvalue weighted by molar-refractivity contribution is -0.152. The highest BCUT2D eigenvalue weighted by Gasteiger charge is 2.00. The van der Waals surface area contributed by atoms with Gasteiger partial charge in [-0.2, -0.15) is 0 Å². The first-order chi connectivity index (χ1) is 5.18. The molecule has 0 aliphatic heterocycles. The van der Waals surface area contributed by atoms with Gasteiger partial charge in [0.1, 0.15) is 12.9 Å². The van der Waals surface area contributed by atoms with Crippen LogP contribution in [0.3, 0.4) is 0 Å². The number of carbonyl (C=O) groups is 2. The van der Waals surface area contributed by atoms with E-state index >= 15 is 0 Å². The molecule has 0 radical (unpaired) electrons. The Labute approximate surface area is 64.8 Å². The Morgan fingerprint density at radius 2 is 2.27 bits per heavy atom. The fraction of sp³-hybridized carbons (Fsp3) is 0.429. The highest BCUT2D eigenvalue weighted by atomic mass is 16.7. The van der Waals surface area contributed by atoms with E-state index in [1.807, 2.05) is 0 Å². The normalized spacial score (nSPS) is 8.82. The summed E-state index contributed by atoms with van der Waals surface area (Å²) in [4.78, 5) is 20.3. The second-order valence-electron chi connectivity index (χ2n) is 1.87. The van der Waals surface area contributed by atoms with Crippen LogP contribution in [0.1, 0.15) is 6.92 Å². The van der Waals surface area contributed by atoms with E-state index in [2.05, 4.69) is 16.1 Å². The minimum Gasteiger partial charge on any atom is -0.435 e. The summed E-state index contributed by atoms with van der Waals surface area (Å²) in [5.74, 6) is -0.518. The fourth-order valence-electron chi connectivity index (χ4n) is 0.315. The topological polar surface area (TPSA) is 52.6 Å². The number of ether oxygens (including phenoxy) is 2. The third-order valence-corrected chi connectivity index (χ3v) is 0.808. The molecule has 0 saturated carbocycles. The third-order valence-electron chi connectivity index (χ3n) is 0.808. The van der Waals surface area contributed by atoms with Crippen molar-refractivity contribution in [3.8, 4) is 0 Å². The van der Waals surface area contributed by atoms with E-state index in [9.17, 15) is 9.59 Å². The van der Waals surface area contributed by atoms with Gasteiger partial charge < -0.3 is 14.3 Å². The Kier molecular flexibility index (Phi) is 5.02. The van der Waals surface area contributed by atoms with E-state index in [1.165, 1.54) is 6.92 Å². The molecule has 0 fully saturated rings. The van der Waals surface area contributed by atoms with Gasteiger partial charge in [-0.25, -0.2) is 4.79 Å². The number of hydrogen-bond donors (Lipinski definition) is 0. The molecule has 0 saturated heterocycles. The Morgan fingerprint density at radius 3 is 2.73 bits per heavy atom. The quantitative estimate of drug-likeness (QED) is 0.189. The van der Waals surface area contributed by atoms with Crippen LogP contribution in [0, 0.1) is 0 Å². The predicted octanol–water partition coefficient (Wildman–Crippen LogP) is 0.279. The third kappa shape index (κ3) is 5.29. The van der Waals surface area contributed by atoms with Crippen LogP contribution in [-0.4, -0.2) is 25.7 Å². The van der Waals surface area contributed by atoms with Gasteiger partial charge in [-0.1, -0.05) is 6.58 Å². The van der Waals surface area contributed by atoms with E-state index < -0.39 is 5.97 Å². The summed E-state index contributed by atoms with van der Waals surface area (Å²) in [5, 5.41) is 0. The van der Waals surface area contributed by atoms with Crippen molar-refractivity contribution in [1.82, 2.24) is 0 Å². The maximum Gasteiger partial charge on any atom is 0.335 e. The van der Waals surface area contributed by atoms with Crippen LogP contribution in [0.25, 0.3) is 0 Å². The number of aldehydes is 1. The first-order valence-electron chi connectivity index (χ1n) is 3.02. The van der Waals surface area contributed by atoms with E-state index in [-0.39, 0.29) is 13.4 Å². The minimum absolute atomic E-state index is 0.0660. The number of carbonyl (C=O) groups excluding carboxylic acids is 2. The van der Waals surface area contributed by atoms with Crippen molar-refractivity contribution >= 4 is 12.3 Å². The molecule has 0 spiro atoms. The molecule has 4 heteroatoms. The summed E-state index contributed by atoms with van der Waals surface area (Å²) in [5.41, 5.74) is 0.305. The van der Waals surface area contributed by atoms with Crippen LogP contribution < -0.4 is 0 Å². The van der Waals surface area contributed by atoms with E-state index in [0.717, 1.165) is 0 Å². The summed E-state index contributed by atoms with van der Waals surface area (Å²) in [7, 11) is 0. The summed E-state index contributed by atoms with van der Waals surface area (Å²) in [6, 6.07) is 0. The Bertz CT molecular complexity index is 162. The van der Waals surface area contributed by atoms with Crippen LogP contribution in [0.2, 0.25) is 0 Å². The molecule has 0 amide bonds. The molecule has 0 N–H and O–H groups in total.